The molecule has 1 aliphatic heterocycles. The van der Waals surface area contributed by atoms with Gasteiger partial charge in [-0.2, -0.15) is 0 Å². The summed E-state index contributed by atoms with van der Waals surface area (Å²) < 4.78 is 39.4. The molecule has 2 rings (SSSR count). The van der Waals surface area contributed by atoms with Crippen molar-refractivity contribution in [3.63, 3.8) is 0 Å². The van der Waals surface area contributed by atoms with Crippen LogP contribution in [-0.4, -0.2) is 69.5 Å². The number of ether oxygens (including phenoxy) is 7. The first-order chi connectivity index (χ1) is 36.1. The molecule has 1 aromatic carbocycles. The van der Waals surface area contributed by atoms with E-state index in [0.29, 0.717) is 55.6 Å². The van der Waals surface area contributed by atoms with Crippen LogP contribution in [0.15, 0.2) is 24.3 Å². The van der Waals surface area contributed by atoms with E-state index in [-0.39, 0.29) is 63.8 Å². The molecule has 0 aliphatic carbocycles. The molecule has 0 fully saturated rings. The van der Waals surface area contributed by atoms with E-state index < -0.39 is 18.0 Å². The fourth-order valence-corrected chi connectivity index (χ4v) is 9.42. The number of methoxy groups -OCH3 is 1. The highest BCUT2D eigenvalue weighted by molar-refractivity contribution is 5.98. The molecule has 0 saturated carbocycles. The Labute approximate surface area is 448 Å². The van der Waals surface area contributed by atoms with Gasteiger partial charge in [0.1, 0.15) is 43.5 Å². The van der Waals surface area contributed by atoms with Crippen molar-refractivity contribution in [1.82, 2.24) is 0 Å². The van der Waals surface area contributed by atoms with E-state index >= 15 is 0 Å². The zero-order valence-electron chi connectivity index (χ0n) is 47.3. The molecule has 12 nitrogen and oxygen atoms in total. The Morgan fingerprint density at radius 1 is 0.568 bits per heavy atom. The van der Waals surface area contributed by atoms with Crippen LogP contribution < -0.4 is 9.47 Å². The van der Waals surface area contributed by atoms with Crippen LogP contribution in [0.2, 0.25) is 0 Å². The third-order valence-electron chi connectivity index (χ3n) is 14.0. The third-order valence-corrected chi connectivity index (χ3v) is 14.0. The lowest BCUT2D eigenvalue weighted by molar-refractivity contribution is -0.167. The summed E-state index contributed by atoms with van der Waals surface area (Å²) in [5.74, 6) is -0.716. The minimum atomic E-state index is -0.868. The summed E-state index contributed by atoms with van der Waals surface area (Å²) in [5, 5.41) is 0. The summed E-state index contributed by atoms with van der Waals surface area (Å²) in [5.41, 5.74) is 3.76. The Bertz CT molecular complexity index is 1700. The van der Waals surface area contributed by atoms with E-state index in [1.807, 2.05) is 19.9 Å². The second kappa shape index (κ2) is 43.8. The van der Waals surface area contributed by atoms with Gasteiger partial charge in [0.2, 0.25) is 0 Å². The minimum Gasteiger partial charge on any atom is -0.496 e. The van der Waals surface area contributed by atoms with E-state index in [2.05, 4.69) is 20.4 Å². The molecule has 12 heteroatoms. The number of carbonyl (C=O) groups excluding carboxylic acids is 5. The van der Waals surface area contributed by atoms with Gasteiger partial charge in [0.05, 0.1) is 13.7 Å². The molecule has 0 atom stereocenters. The van der Waals surface area contributed by atoms with Crippen molar-refractivity contribution in [1.29, 1.82) is 0 Å². The Balaban J connectivity index is 1.71. The topological polar surface area (TPSA) is 150 Å². The van der Waals surface area contributed by atoms with Gasteiger partial charge in [-0.25, -0.2) is 4.79 Å². The molecule has 0 saturated heterocycles. The van der Waals surface area contributed by atoms with Crippen molar-refractivity contribution in [2.45, 2.75) is 272 Å². The van der Waals surface area contributed by atoms with Crippen molar-refractivity contribution in [2.24, 2.45) is 0 Å². The monoisotopic (exact) mass is 1040 g/mol. The van der Waals surface area contributed by atoms with Crippen LogP contribution in [0.25, 0.3) is 0 Å². The number of allylic oxidation sites excluding steroid dienone is 2. The van der Waals surface area contributed by atoms with Crippen LogP contribution in [0.5, 0.6) is 11.5 Å². The number of unbranched alkanes of at least 4 members (excludes halogenated alkanes) is 27. The quantitative estimate of drug-likeness (QED) is 0.0264. The van der Waals surface area contributed by atoms with E-state index in [1.54, 1.807) is 13.2 Å². The largest absolute Gasteiger partial charge is 0.496 e. The second-order valence-corrected chi connectivity index (χ2v) is 20.6. The average molecular weight is 1040 g/mol. The van der Waals surface area contributed by atoms with Gasteiger partial charge in [0, 0.05) is 36.8 Å². The molecular weight excluding hydrogens is 937 g/mol. The average Bonchev–Trinajstić information content (AvgIpc) is 3.79. The number of hydrogen-bond donors (Lipinski definition) is 0. The van der Waals surface area contributed by atoms with Crippen LogP contribution in [-0.2, 0) is 55.9 Å². The molecule has 0 bridgehead atoms. The summed E-state index contributed by atoms with van der Waals surface area (Å²) in [4.78, 5) is 63.6. The van der Waals surface area contributed by atoms with Crippen molar-refractivity contribution in [3.05, 3.63) is 46.6 Å². The number of cyclic esters (lactones) is 1. The fourth-order valence-electron chi connectivity index (χ4n) is 9.42. The van der Waals surface area contributed by atoms with Crippen molar-refractivity contribution < 1.29 is 57.1 Å². The standard InChI is InChI=1S/C62H102O12/c1-7-10-12-14-16-18-20-22-24-26-28-30-34-38-55(63)71-47-52(48-72-56(64)39-35-31-29-27-25-23-21-19-17-15-13-11-8-2)74-58(66)40-36-32-33-37-46-69-57(65)44-42-50(4)41-43-53-60(68-6)51(5)54-49-73-62(67)59(54)61(53)70-45-9-3/h9,41,52H,3,7-8,10-40,42-49H2,1-2,4-6H3/b50-41+. The second-order valence-electron chi connectivity index (χ2n) is 20.6. The summed E-state index contributed by atoms with van der Waals surface area (Å²) >= 11 is 0. The Hall–Kier alpha value is -4.35. The predicted molar refractivity (Wildman–Crippen MR) is 296 cm³/mol. The Morgan fingerprint density at radius 2 is 1.00 bits per heavy atom. The maximum atomic E-state index is 12.9. The third kappa shape index (κ3) is 30.9. The molecule has 0 amide bonds. The molecule has 422 valence electrons. The summed E-state index contributed by atoms with van der Waals surface area (Å²) in [6.07, 6.45) is 39.3. The molecule has 1 heterocycles. The molecular formula is C62H102O12. The van der Waals surface area contributed by atoms with E-state index in [4.69, 9.17) is 33.2 Å². The first kappa shape index (κ1) is 65.8. The van der Waals surface area contributed by atoms with Gasteiger partial charge >= 0.3 is 29.8 Å². The predicted octanol–water partition coefficient (Wildman–Crippen LogP) is 16.0. The van der Waals surface area contributed by atoms with Crippen molar-refractivity contribution >= 4 is 29.8 Å². The van der Waals surface area contributed by atoms with E-state index in [1.165, 1.54) is 128 Å². The number of benzene rings is 1. The lowest BCUT2D eigenvalue weighted by Crippen LogP contribution is -2.30. The van der Waals surface area contributed by atoms with Gasteiger partial charge in [-0.05, 0) is 57.9 Å². The number of hydrogen-bond acceptors (Lipinski definition) is 12. The lowest BCUT2D eigenvalue weighted by Gasteiger charge is -2.19. The summed E-state index contributed by atoms with van der Waals surface area (Å²) in [6.45, 7) is 12.5. The van der Waals surface area contributed by atoms with E-state index in [9.17, 15) is 24.0 Å². The van der Waals surface area contributed by atoms with Gasteiger partial charge in [-0.1, -0.05) is 205 Å². The molecule has 1 aromatic rings. The minimum absolute atomic E-state index is 0.150. The van der Waals surface area contributed by atoms with E-state index in [0.717, 1.165) is 73.6 Å². The molecule has 0 spiro atoms. The number of carbonyl (C=O) groups is 5. The van der Waals surface area contributed by atoms with Gasteiger partial charge in [0.15, 0.2) is 6.10 Å². The summed E-state index contributed by atoms with van der Waals surface area (Å²) in [6, 6.07) is 0. The van der Waals surface area contributed by atoms with Crippen LogP contribution in [0.1, 0.15) is 273 Å². The highest BCUT2D eigenvalue weighted by Crippen LogP contribution is 2.43. The normalized spacial score (nSPS) is 12.1. The summed E-state index contributed by atoms with van der Waals surface area (Å²) in [7, 11) is 1.59. The zero-order chi connectivity index (χ0) is 53.9. The van der Waals surface area contributed by atoms with Crippen LogP contribution in [0.4, 0.5) is 0 Å². The maximum absolute atomic E-state index is 12.9. The van der Waals surface area contributed by atoms with Crippen molar-refractivity contribution in [2.75, 3.05) is 33.5 Å². The van der Waals surface area contributed by atoms with Crippen molar-refractivity contribution in [3.8, 4) is 11.5 Å². The Kier molecular flexibility index (Phi) is 39.0. The number of fused-ring (bicyclic) bond motifs is 1. The first-order valence-corrected chi connectivity index (χ1v) is 29.5. The van der Waals surface area contributed by atoms with Gasteiger partial charge < -0.3 is 33.2 Å². The molecule has 1 aliphatic rings. The molecule has 0 unspecified atom stereocenters. The smallest absolute Gasteiger partial charge is 0.342 e. The van der Waals surface area contributed by atoms with Gasteiger partial charge in [-0.3, -0.25) is 19.2 Å². The molecule has 74 heavy (non-hydrogen) atoms. The van der Waals surface area contributed by atoms with Gasteiger partial charge in [-0.15, -0.1) is 0 Å². The highest BCUT2D eigenvalue weighted by Gasteiger charge is 2.33. The molecule has 0 radical (unpaired) electrons. The first-order valence-electron chi connectivity index (χ1n) is 29.5. The zero-order valence-corrected chi connectivity index (χ0v) is 47.3. The lowest BCUT2D eigenvalue weighted by atomic mass is 9.94. The van der Waals surface area contributed by atoms with Gasteiger partial charge in [0.25, 0.3) is 0 Å². The number of esters is 5. The Morgan fingerprint density at radius 3 is 1.46 bits per heavy atom. The maximum Gasteiger partial charge on any atom is 0.342 e. The molecule has 0 aromatic heterocycles. The van der Waals surface area contributed by atoms with Crippen LogP contribution >= 0.6 is 0 Å². The molecule has 0 N–H and O–H groups in total. The SMILES string of the molecule is C=CCOc1c(C/C=C(\C)CCC(=O)OCCCCCCC(=O)OC(COC(=O)CCCCCCCCCCCCCCC)COC(=O)CCCCCCCCCCCCCCC)c(OC)c(C)c2c1C(=O)OC2. The highest BCUT2D eigenvalue weighted by atomic mass is 16.6. The van der Waals surface area contributed by atoms with Crippen LogP contribution in [0.3, 0.4) is 0 Å². The van der Waals surface area contributed by atoms with Crippen LogP contribution in [0, 0.1) is 6.92 Å². The number of rotatable bonds is 49. The fraction of sp³-hybridized carbons (Fsp3) is 0.758.